The molecule has 2 aromatic rings. The van der Waals surface area contributed by atoms with Crippen molar-refractivity contribution in [3.8, 4) is 11.3 Å². The molecule has 1 fully saturated rings. The second-order valence-electron chi connectivity index (χ2n) is 6.65. The zero-order chi connectivity index (χ0) is 16.7. The maximum atomic E-state index is 12.5. The third kappa shape index (κ3) is 2.55. The van der Waals surface area contributed by atoms with E-state index in [0.29, 0.717) is 5.82 Å². The van der Waals surface area contributed by atoms with Crippen molar-refractivity contribution in [1.29, 1.82) is 0 Å². The smallest absolute Gasteiger partial charge is 0.228 e. The number of aryl methyl sites for hydroxylation is 1. The summed E-state index contributed by atoms with van der Waals surface area (Å²) in [7, 11) is 1.82. The van der Waals surface area contributed by atoms with E-state index in [-0.39, 0.29) is 17.4 Å². The number of carbonyl (C=O) groups is 1. The number of carbonyl (C=O) groups excluding carboxylic acids is 1. The Hall–Kier alpha value is -2.70. The number of hydrogen-bond acceptors (Lipinski definition) is 5. The third-order valence-electron chi connectivity index (χ3n) is 4.69. The van der Waals surface area contributed by atoms with E-state index in [0.717, 1.165) is 36.2 Å². The second kappa shape index (κ2) is 5.43. The zero-order valence-electron chi connectivity index (χ0n) is 13.7. The minimum Gasteiger partial charge on any atom is -0.389 e. The summed E-state index contributed by atoms with van der Waals surface area (Å²) >= 11 is 0. The summed E-state index contributed by atoms with van der Waals surface area (Å²) in [4.78, 5) is 22.0. The molecule has 1 aliphatic heterocycles. The van der Waals surface area contributed by atoms with Gasteiger partial charge in [-0.3, -0.25) is 14.5 Å². The second-order valence-corrected chi connectivity index (χ2v) is 6.65. The summed E-state index contributed by atoms with van der Waals surface area (Å²) in [6.07, 6.45) is 5.71. The van der Waals surface area contributed by atoms with Crippen LogP contribution in [-0.2, 0) is 16.7 Å². The van der Waals surface area contributed by atoms with Crippen molar-refractivity contribution in [3.05, 3.63) is 30.6 Å². The minimum atomic E-state index is -0.235. The van der Waals surface area contributed by atoms with Crippen molar-refractivity contribution < 1.29 is 9.63 Å². The first-order valence-corrected chi connectivity index (χ1v) is 8.02. The van der Waals surface area contributed by atoms with E-state index in [1.54, 1.807) is 17.1 Å². The number of nitrogens with zero attached hydrogens (tertiary/aromatic N) is 4. The van der Waals surface area contributed by atoms with E-state index in [4.69, 9.17) is 4.84 Å². The fourth-order valence-electron chi connectivity index (χ4n) is 3.42. The van der Waals surface area contributed by atoms with Crippen LogP contribution >= 0.6 is 0 Å². The SMILES string of the molecule is CC1=NOC2(C1)CC(C(=O)Nc1cc(-c3ccncc3)nn1C)C2. The van der Waals surface area contributed by atoms with E-state index < -0.39 is 0 Å². The lowest BCUT2D eigenvalue weighted by molar-refractivity contribution is -0.142. The minimum absolute atomic E-state index is 0.0121. The molecule has 1 N–H and O–H groups in total. The monoisotopic (exact) mass is 325 g/mol. The number of amides is 1. The summed E-state index contributed by atoms with van der Waals surface area (Å²) in [5.74, 6) is 0.663. The van der Waals surface area contributed by atoms with E-state index in [9.17, 15) is 4.79 Å². The molecule has 3 heterocycles. The molecule has 0 aromatic carbocycles. The van der Waals surface area contributed by atoms with Crippen molar-refractivity contribution in [2.24, 2.45) is 18.1 Å². The van der Waals surface area contributed by atoms with Crippen LogP contribution in [0.4, 0.5) is 5.82 Å². The highest BCUT2D eigenvalue weighted by Gasteiger charge is 2.52. The fraction of sp³-hybridized carbons (Fsp3) is 0.412. The molecular weight excluding hydrogens is 306 g/mol. The van der Waals surface area contributed by atoms with Crippen LogP contribution < -0.4 is 5.32 Å². The van der Waals surface area contributed by atoms with Gasteiger partial charge in [0.2, 0.25) is 5.91 Å². The predicted octanol–water partition coefficient (Wildman–Crippen LogP) is 2.37. The molecule has 24 heavy (non-hydrogen) atoms. The topological polar surface area (TPSA) is 81.4 Å². The van der Waals surface area contributed by atoms with E-state index in [2.05, 4.69) is 20.6 Å². The highest BCUT2D eigenvalue weighted by molar-refractivity contribution is 5.93. The highest BCUT2D eigenvalue weighted by atomic mass is 16.7. The molecule has 7 nitrogen and oxygen atoms in total. The number of oxime groups is 1. The molecule has 0 radical (unpaired) electrons. The van der Waals surface area contributed by atoms with Gasteiger partial charge in [0.15, 0.2) is 0 Å². The average Bonchev–Trinajstić information content (AvgIpc) is 3.10. The molecule has 1 saturated carbocycles. The Labute approximate surface area is 139 Å². The van der Waals surface area contributed by atoms with Crippen LogP contribution in [0.3, 0.4) is 0 Å². The molecule has 0 atom stereocenters. The fourth-order valence-corrected chi connectivity index (χ4v) is 3.42. The van der Waals surface area contributed by atoms with Gasteiger partial charge >= 0.3 is 0 Å². The number of nitrogens with one attached hydrogen (secondary N) is 1. The Morgan fingerprint density at radius 3 is 2.79 bits per heavy atom. The van der Waals surface area contributed by atoms with Gasteiger partial charge in [0.25, 0.3) is 0 Å². The Morgan fingerprint density at radius 2 is 2.12 bits per heavy atom. The summed E-state index contributed by atoms with van der Waals surface area (Å²) in [5, 5.41) is 11.4. The van der Waals surface area contributed by atoms with E-state index in [1.165, 1.54) is 0 Å². The van der Waals surface area contributed by atoms with Crippen molar-refractivity contribution in [1.82, 2.24) is 14.8 Å². The Kier molecular flexibility index (Phi) is 3.37. The molecule has 1 aliphatic carbocycles. The molecular formula is C17H19N5O2. The quantitative estimate of drug-likeness (QED) is 0.939. The molecule has 2 aromatic heterocycles. The normalized spacial score (nSPS) is 25.1. The number of pyridine rings is 1. The van der Waals surface area contributed by atoms with Gasteiger partial charge in [-0.15, -0.1) is 0 Å². The van der Waals surface area contributed by atoms with Crippen LogP contribution in [0.5, 0.6) is 0 Å². The molecule has 1 spiro atoms. The first kappa shape index (κ1) is 14.9. The summed E-state index contributed by atoms with van der Waals surface area (Å²) in [6, 6.07) is 5.66. The van der Waals surface area contributed by atoms with Crippen LogP contribution in [0.25, 0.3) is 11.3 Å². The van der Waals surface area contributed by atoms with Gasteiger partial charge in [-0.25, -0.2) is 0 Å². The summed E-state index contributed by atoms with van der Waals surface area (Å²) in [5.41, 5.74) is 2.54. The zero-order valence-corrected chi connectivity index (χ0v) is 13.7. The first-order valence-electron chi connectivity index (χ1n) is 8.02. The van der Waals surface area contributed by atoms with Gasteiger partial charge in [-0.2, -0.15) is 5.10 Å². The maximum Gasteiger partial charge on any atom is 0.228 e. The van der Waals surface area contributed by atoms with Gasteiger partial charge in [0, 0.05) is 56.3 Å². The van der Waals surface area contributed by atoms with E-state index in [1.807, 2.05) is 32.2 Å². The Balaban J connectivity index is 1.41. The van der Waals surface area contributed by atoms with Crippen LogP contribution in [0.2, 0.25) is 0 Å². The predicted molar refractivity (Wildman–Crippen MR) is 89.3 cm³/mol. The van der Waals surface area contributed by atoms with Crippen molar-refractivity contribution in [2.45, 2.75) is 31.8 Å². The van der Waals surface area contributed by atoms with Gasteiger partial charge in [-0.05, 0) is 19.1 Å². The lowest BCUT2D eigenvalue weighted by Gasteiger charge is -2.41. The van der Waals surface area contributed by atoms with E-state index >= 15 is 0 Å². The molecule has 0 unspecified atom stereocenters. The Bertz CT molecular complexity index is 806. The molecule has 124 valence electrons. The molecule has 4 rings (SSSR count). The molecule has 2 aliphatic rings. The maximum absolute atomic E-state index is 12.5. The van der Waals surface area contributed by atoms with Crippen molar-refractivity contribution >= 4 is 17.4 Å². The van der Waals surface area contributed by atoms with Gasteiger partial charge in [-0.1, -0.05) is 5.16 Å². The molecule has 7 heteroatoms. The number of rotatable bonds is 3. The van der Waals surface area contributed by atoms with Crippen molar-refractivity contribution in [2.75, 3.05) is 5.32 Å². The van der Waals surface area contributed by atoms with Crippen LogP contribution in [0.15, 0.2) is 35.7 Å². The third-order valence-corrected chi connectivity index (χ3v) is 4.69. The lowest BCUT2D eigenvalue weighted by atomic mass is 9.68. The van der Waals surface area contributed by atoms with Gasteiger partial charge in [0.1, 0.15) is 11.4 Å². The van der Waals surface area contributed by atoms with Crippen LogP contribution in [0, 0.1) is 5.92 Å². The van der Waals surface area contributed by atoms with Crippen LogP contribution in [-0.4, -0.2) is 32.0 Å². The lowest BCUT2D eigenvalue weighted by Crippen LogP contribution is -2.48. The van der Waals surface area contributed by atoms with Gasteiger partial charge < -0.3 is 10.2 Å². The first-order chi connectivity index (χ1) is 11.5. The summed E-state index contributed by atoms with van der Waals surface area (Å²) < 4.78 is 1.68. The number of aromatic nitrogens is 3. The van der Waals surface area contributed by atoms with Gasteiger partial charge in [0.05, 0.1) is 11.4 Å². The molecule has 1 amide bonds. The molecule has 0 bridgehead atoms. The largest absolute Gasteiger partial charge is 0.389 e. The number of anilines is 1. The van der Waals surface area contributed by atoms with Crippen LogP contribution in [0.1, 0.15) is 26.2 Å². The number of hydrogen-bond donors (Lipinski definition) is 1. The molecule has 0 saturated heterocycles. The Morgan fingerprint density at radius 1 is 1.38 bits per heavy atom. The standard InChI is InChI=1S/C17H19N5O2/c1-11-8-17(24-21-11)9-13(10-17)16(23)19-15-7-14(20-22(15)2)12-3-5-18-6-4-12/h3-7,13H,8-10H2,1-2H3,(H,19,23). The summed E-state index contributed by atoms with van der Waals surface area (Å²) in [6.45, 7) is 1.96. The van der Waals surface area contributed by atoms with Crippen molar-refractivity contribution in [3.63, 3.8) is 0 Å². The highest BCUT2D eigenvalue weighted by Crippen LogP contribution is 2.46. The average molecular weight is 325 g/mol.